The van der Waals surface area contributed by atoms with Gasteiger partial charge >= 0.3 is 11.7 Å². The van der Waals surface area contributed by atoms with E-state index in [2.05, 4.69) is 9.97 Å². The molecule has 27 heavy (non-hydrogen) atoms. The number of H-pyrrole nitrogens is 1. The van der Waals surface area contributed by atoms with E-state index in [-0.39, 0.29) is 22.5 Å². The lowest BCUT2D eigenvalue weighted by Crippen LogP contribution is -2.41. The zero-order chi connectivity index (χ0) is 20.5. The summed E-state index contributed by atoms with van der Waals surface area (Å²) >= 11 is 0. The first kappa shape index (κ1) is 20.3. The van der Waals surface area contributed by atoms with Crippen LogP contribution in [0.5, 0.6) is 0 Å². The number of carbonyl (C=O) groups excluding carboxylic acids is 1. The SMILES string of the molecule is CCCn1c(=O)[nH]c(=O)c2c(C(=O)N(C)C(C)C(=O)O)cc(C(C)C)nc21. The number of aryl methyl sites for hydroxylation is 1. The fraction of sp³-hybridized carbons (Fsp3) is 0.500. The highest BCUT2D eigenvalue weighted by Crippen LogP contribution is 2.21. The van der Waals surface area contributed by atoms with Crippen molar-refractivity contribution in [3.05, 3.63) is 38.2 Å². The lowest BCUT2D eigenvalue weighted by Gasteiger charge is -2.23. The summed E-state index contributed by atoms with van der Waals surface area (Å²) in [6.45, 7) is 7.34. The Morgan fingerprint density at radius 2 is 1.93 bits per heavy atom. The van der Waals surface area contributed by atoms with Crippen molar-refractivity contribution in [1.29, 1.82) is 0 Å². The molecule has 9 nitrogen and oxygen atoms in total. The first-order chi connectivity index (χ1) is 12.6. The third-order valence-electron chi connectivity index (χ3n) is 4.50. The van der Waals surface area contributed by atoms with Gasteiger partial charge in [0, 0.05) is 19.3 Å². The van der Waals surface area contributed by atoms with Crippen LogP contribution >= 0.6 is 0 Å². The minimum absolute atomic E-state index is 0.0121. The molecule has 0 saturated carbocycles. The Balaban J connectivity index is 2.88. The molecule has 0 aromatic carbocycles. The number of nitrogens with zero attached hydrogens (tertiary/aromatic N) is 3. The molecule has 146 valence electrons. The molecule has 2 rings (SSSR count). The van der Waals surface area contributed by atoms with Crippen LogP contribution in [0.15, 0.2) is 15.7 Å². The number of fused-ring (bicyclic) bond motifs is 1. The minimum atomic E-state index is -1.16. The van der Waals surface area contributed by atoms with Gasteiger partial charge < -0.3 is 10.0 Å². The Bertz CT molecular complexity index is 1010. The maximum absolute atomic E-state index is 13.0. The number of aromatic amines is 1. The molecular formula is C18H24N4O5. The summed E-state index contributed by atoms with van der Waals surface area (Å²) in [5, 5.41) is 9.18. The number of pyridine rings is 1. The molecule has 0 spiro atoms. The van der Waals surface area contributed by atoms with Crippen molar-refractivity contribution in [2.75, 3.05) is 7.05 Å². The number of carboxylic acids is 1. The Hall–Kier alpha value is -2.97. The van der Waals surface area contributed by atoms with Crippen molar-refractivity contribution in [3.8, 4) is 0 Å². The number of hydrogen-bond donors (Lipinski definition) is 2. The van der Waals surface area contributed by atoms with E-state index >= 15 is 0 Å². The molecule has 0 radical (unpaired) electrons. The molecule has 0 aliphatic rings. The first-order valence-corrected chi connectivity index (χ1v) is 8.77. The summed E-state index contributed by atoms with van der Waals surface area (Å²) in [4.78, 5) is 56.7. The lowest BCUT2D eigenvalue weighted by atomic mass is 10.0. The normalized spacial score (nSPS) is 12.4. The fourth-order valence-electron chi connectivity index (χ4n) is 2.72. The Labute approximate surface area is 155 Å². The van der Waals surface area contributed by atoms with Gasteiger partial charge in [0.05, 0.1) is 10.9 Å². The number of carboxylic acid groups (broad SMARTS) is 1. The van der Waals surface area contributed by atoms with Gasteiger partial charge in [-0.25, -0.2) is 14.6 Å². The highest BCUT2D eigenvalue weighted by atomic mass is 16.4. The van der Waals surface area contributed by atoms with E-state index in [9.17, 15) is 24.3 Å². The predicted octanol–water partition coefficient (Wildman–Crippen LogP) is 1.16. The van der Waals surface area contributed by atoms with Crippen LogP contribution in [-0.2, 0) is 11.3 Å². The van der Waals surface area contributed by atoms with Gasteiger partial charge in [0.1, 0.15) is 6.04 Å². The summed E-state index contributed by atoms with van der Waals surface area (Å²) in [5.74, 6) is -1.84. The second kappa shape index (κ2) is 7.73. The van der Waals surface area contributed by atoms with Crippen LogP contribution in [0.3, 0.4) is 0 Å². The minimum Gasteiger partial charge on any atom is -0.480 e. The van der Waals surface area contributed by atoms with E-state index in [1.165, 1.54) is 24.6 Å². The van der Waals surface area contributed by atoms with Crippen LogP contribution in [0.25, 0.3) is 11.0 Å². The standard InChI is InChI=1S/C18H24N4O5/c1-6-7-22-14-13(15(23)20-18(22)27)11(8-12(19-14)9(2)3)16(24)21(5)10(4)17(25)26/h8-10H,6-7H2,1-5H3,(H,25,26)(H,20,23,27). The molecule has 2 aromatic rings. The summed E-state index contributed by atoms with van der Waals surface area (Å²) in [6.07, 6.45) is 0.633. The number of carbonyl (C=O) groups is 2. The molecule has 1 unspecified atom stereocenters. The van der Waals surface area contributed by atoms with Gasteiger partial charge in [0.2, 0.25) is 0 Å². The summed E-state index contributed by atoms with van der Waals surface area (Å²) in [7, 11) is 1.36. The van der Waals surface area contributed by atoms with Gasteiger partial charge in [-0.05, 0) is 25.3 Å². The van der Waals surface area contributed by atoms with Crippen LogP contribution in [0.2, 0.25) is 0 Å². The number of nitrogens with one attached hydrogen (secondary N) is 1. The van der Waals surface area contributed by atoms with Crippen LogP contribution in [0.4, 0.5) is 0 Å². The number of aliphatic carboxylic acids is 1. The zero-order valence-electron chi connectivity index (χ0n) is 16.1. The van der Waals surface area contributed by atoms with E-state index in [0.717, 1.165) is 4.90 Å². The maximum Gasteiger partial charge on any atom is 0.329 e. The molecule has 1 atom stereocenters. The first-order valence-electron chi connectivity index (χ1n) is 8.77. The molecule has 2 N–H and O–H groups in total. The van der Waals surface area contributed by atoms with Crippen molar-refractivity contribution in [2.24, 2.45) is 0 Å². The topological polar surface area (TPSA) is 125 Å². The Kier molecular flexibility index (Phi) is 5.82. The zero-order valence-corrected chi connectivity index (χ0v) is 16.1. The van der Waals surface area contributed by atoms with Crippen molar-refractivity contribution in [2.45, 2.75) is 52.6 Å². The quantitative estimate of drug-likeness (QED) is 0.779. The summed E-state index contributed by atoms with van der Waals surface area (Å²) in [6, 6.07) is 0.417. The van der Waals surface area contributed by atoms with Gasteiger partial charge in [0.15, 0.2) is 5.65 Å². The largest absolute Gasteiger partial charge is 0.480 e. The Morgan fingerprint density at radius 1 is 1.30 bits per heavy atom. The van der Waals surface area contributed by atoms with Crippen LogP contribution < -0.4 is 11.2 Å². The molecule has 2 aromatic heterocycles. The van der Waals surface area contributed by atoms with Crippen molar-refractivity contribution >= 4 is 22.9 Å². The summed E-state index contributed by atoms with van der Waals surface area (Å²) < 4.78 is 1.33. The number of rotatable bonds is 6. The van der Waals surface area contributed by atoms with Crippen molar-refractivity contribution in [3.63, 3.8) is 0 Å². The lowest BCUT2D eigenvalue weighted by molar-refractivity contribution is -0.141. The maximum atomic E-state index is 13.0. The van der Waals surface area contributed by atoms with Crippen LogP contribution in [0, 0.1) is 0 Å². The van der Waals surface area contributed by atoms with Gasteiger partial charge in [-0.1, -0.05) is 20.8 Å². The molecule has 9 heteroatoms. The number of aromatic nitrogens is 3. The van der Waals surface area contributed by atoms with Crippen molar-refractivity contribution < 1.29 is 14.7 Å². The molecular weight excluding hydrogens is 352 g/mol. The third kappa shape index (κ3) is 3.76. The smallest absolute Gasteiger partial charge is 0.329 e. The third-order valence-corrected chi connectivity index (χ3v) is 4.50. The van der Waals surface area contributed by atoms with Crippen LogP contribution in [-0.4, -0.2) is 49.5 Å². The number of hydrogen-bond acceptors (Lipinski definition) is 5. The van der Waals surface area contributed by atoms with Gasteiger partial charge in [0.25, 0.3) is 11.5 Å². The highest BCUT2D eigenvalue weighted by Gasteiger charge is 2.27. The van der Waals surface area contributed by atoms with E-state index in [1.807, 2.05) is 20.8 Å². The average Bonchev–Trinajstić information content (AvgIpc) is 2.61. The Morgan fingerprint density at radius 3 is 2.44 bits per heavy atom. The van der Waals surface area contributed by atoms with Gasteiger partial charge in [-0.3, -0.25) is 19.1 Å². The second-order valence-electron chi connectivity index (χ2n) is 6.79. The number of likely N-dealkylation sites (N-methyl/N-ethyl adjacent to an activating group) is 1. The monoisotopic (exact) mass is 376 g/mol. The predicted molar refractivity (Wildman–Crippen MR) is 100 cm³/mol. The van der Waals surface area contributed by atoms with Crippen LogP contribution in [0.1, 0.15) is 56.1 Å². The molecule has 0 bridgehead atoms. The molecule has 2 heterocycles. The second-order valence-corrected chi connectivity index (χ2v) is 6.79. The molecule has 1 amide bonds. The molecule has 0 fully saturated rings. The summed E-state index contributed by atoms with van der Waals surface area (Å²) in [5.41, 5.74) is -0.600. The molecule has 0 saturated heterocycles. The van der Waals surface area contributed by atoms with E-state index in [1.54, 1.807) is 0 Å². The van der Waals surface area contributed by atoms with E-state index in [4.69, 9.17) is 0 Å². The van der Waals surface area contributed by atoms with Gasteiger partial charge in [-0.15, -0.1) is 0 Å². The fourth-order valence-corrected chi connectivity index (χ4v) is 2.72. The average molecular weight is 376 g/mol. The molecule has 0 aliphatic carbocycles. The number of amides is 1. The molecule has 0 aliphatic heterocycles. The van der Waals surface area contributed by atoms with Crippen molar-refractivity contribution in [1.82, 2.24) is 19.4 Å². The highest BCUT2D eigenvalue weighted by molar-refractivity contribution is 6.06. The van der Waals surface area contributed by atoms with Gasteiger partial charge in [-0.2, -0.15) is 0 Å². The van der Waals surface area contributed by atoms with E-state index < -0.39 is 29.2 Å². The van der Waals surface area contributed by atoms with E-state index in [0.29, 0.717) is 18.7 Å².